The van der Waals surface area contributed by atoms with Gasteiger partial charge in [0.1, 0.15) is 5.70 Å². The predicted molar refractivity (Wildman–Crippen MR) is 164 cm³/mol. The monoisotopic (exact) mass is 590 g/mol. The van der Waals surface area contributed by atoms with Crippen LogP contribution in [-0.2, 0) is 9.59 Å². The fourth-order valence-corrected chi connectivity index (χ4v) is 5.51. The standard InChI is InChI=1S/C30H27ClN4O3S2/c1-3-26(29(38)35-30-32-19(2)18-39-30)40-23-14-9-13-22(17-23)33-28(37)25(16-21-12-7-8-15-24(21)31)34-27(36)20-10-5-4-6-11-20/h4-18,26H,3H2,1-2H3,(H,33,37)(H,34,36)(H,32,35,38)/b25-16+. The van der Waals surface area contributed by atoms with Gasteiger partial charge in [-0.25, -0.2) is 4.98 Å². The minimum atomic E-state index is -0.518. The summed E-state index contributed by atoms with van der Waals surface area (Å²) in [6, 6.07) is 22.9. The number of thiazole rings is 1. The summed E-state index contributed by atoms with van der Waals surface area (Å²) >= 11 is 9.10. The maximum atomic E-state index is 13.4. The lowest BCUT2D eigenvalue weighted by Crippen LogP contribution is -2.30. The Hall–Kier alpha value is -3.92. The Morgan fingerprint density at radius 1 is 1.00 bits per heavy atom. The van der Waals surface area contributed by atoms with E-state index in [-0.39, 0.29) is 16.9 Å². The van der Waals surface area contributed by atoms with Crippen molar-refractivity contribution in [2.45, 2.75) is 30.4 Å². The van der Waals surface area contributed by atoms with E-state index < -0.39 is 11.8 Å². The number of hydrogen-bond acceptors (Lipinski definition) is 6. The van der Waals surface area contributed by atoms with Crippen LogP contribution in [-0.4, -0.2) is 28.0 Å². The second-order valence-corrected chi connectivity index (χ2v) is 11.2. The first-order chi connectivity index (χ1) is 19.3. The zero-order valence-corrected chi connectivity index (χ0v) is 24.2. The van der Waals surface area contributed by atoms with Gasteiger partial charge in [-0.15, -0.1) is 23.1 Å². The van der Waals surface area contributed by atoms with Gasteiger partial charge in [0.15, 0.2) is 5.13 Å². The van der Waals surface area contributed by atoms with Crippen LogP contribution in [0.5, 0.6) is 0 Å². The summed E-state index contributed by atoms with van der Waals surface area (Å²) in [6.07, 6.45) is 2.14. The van der Waals surface area contributed by atoms with E-state index in [4.69, 9.17) is 11.6 Å². The van der Waals surface area contributed by atoms with Crippen molar-refractivity contribution in [3.8, 4) is 0 Å². The molecule has 1 heterocycles. The lowest BCUT2D eigenvalue weighted by Gasteiger charge is -2.15. The molecule has 3 aromatic carbocycles. The first-order valence-electron chi connectivity index (χ1n) is 12.5. The first kappa shape index (κ1) is 29.1. The molecule has 0 saturated carbocycles. The number of aromatic nitrogens is 1. The van der Waals surface area contributed by atoms with Gasteiger partial charge in [-0.05, 0) is 61.4 Å². The van der Waals surface area contributed by atoms with Crippen LogP contribution in [0.2, 0.25) is 5.02 Å². The summed E-state index contributed by atoms with van der Waals surface area (Å²) in [5.41, 5.74) is 2.39. The van der Waals surface area contributed by atoms with Crippen molar-refractivity contribution in [2.75, 3.05) is 10.6 Å². The molecule has 0 radical (unpaired) electrons. The van der Waals surface area contributed by atoms with E-state index in [1.165, 1.54) is 29.2 Å². The van der Waals surface area contributed by atoms with E-state index in [9.17, 15) is 14.4 Å². The number of thioether (sulfide) groups is 1. The second-order valence-electron chi connectivity index (χ2n) is 8.68. The number of carbonyl (C=O) groups is 3. The maximum absolute atomic E-state index is 13.4. The van der Waals surface area contributed by atoms with E-state index in [1.807, 2.05) is 31.4 Å². The number of nitrogens with one attached hydrogen (secondary N) is 3. The van der Waals surface area contributed by atoms with Gasteiger partial charge in [0, 0.05) is 26.5 Å². The molecule has 204 valence electrons. The molecule has 0 aliphatic carbocycles. The Morgan fingerprint density at radius 3 is 2.45 bits per heavy atom. The molecular weight excluding hydrogens is 564 g/mol. The number of aryl methyl sites for hydroxylation is 1. The number of amides is 3. The van der Waals surface area contributed by atoms with Crippen molar-refractivity contribution >= 4 is 69.3 Å². The highest BCUT2D eigenvalue weighted by molar-refractivity contribution is 8.00. The highest BCUT2D eigenvalue weighted by atomic mass is 35.5. The summed E-state index contributed by atoms with van der Waals surface area (Å²) in [7, 11) is 0. The van der Waals surface area contributed by atoms with Crippen molar-refractivity contribution in [3.63, 3.8) is 0 Å². The molecule has 0 aliphatic rings. The molecule has 0 aliphatic heterocycles. The molecule has 4 rings (SSSR count). The van der Waals surface area contributed by atoms with Crippen LogP contribution in [0, 0.1) is 6.92 Å². The number of rotatable bonds is 10. The predicted octanol–water partition coefficient (Wildman–Crippen LogP) is 7.02. The Kier molecular flexibility index (Phi) is 10.1. The van der Waals surface area contributed by atoms with Crippen molar-refractivity contribution in [2.24, 2.45) is 0 Å². The van der Waals surface area contributed by atoms with Gasteiger partial charge in [0.05, 0.1) is 10.9 Å². The molecule has 0 saturated heterocycles. The number of nitrogens with zero attached hydrogens (tertiary/aromatic N) is 1. The molecule has 4 aromatic rings. The largest absolute Gasteiger partial charge is 0.321 e. The van der Waals surface area contributed by atoms with E-state index in [1.54, 1.807) is 66.7 Å². The first-order valence-corrected chi connectivity index (χ1v) is 14.6. The van der Waals surface area contributed by atoms with Gasteiger partial charge < -0.3 is 16.0 Å². The molecule has 3 N–H and O–H groups in total. The Morgan fingerprint density at radius 2 is 1.75 bits per heavy atom. The highest BCUT2D eigenvalue weighted by Gasteiger charge is 2.20. The summed E-state index contributed by atoms with van der Waals surface area (Å²) in [5, 5.41) is 11.0. The quantitative estimate of drug-likeness (QED) is 0.136. The molecule has 10 heteroatoms. The van der Waals surface area contributed by atoms with Gasteiger partial charge in [0.25, 0.3) is 11.8 Å². The zero-order chi connectivity index (χ0) is 28.5. The summed E-state index contributed by atoms with van der Waals surface area (Å²) in [4.78, 5) is 44.2. The lowest BCUT2D eigenvalue weighted by molar-refractivity contribution is -0.116. The average Bonchev–Trinajstić information content (AvgIpc) is 3.37. The number of benzene rings is 3. The Balaban J connectivity index is 1.51. The average molecular weight is 591 g/mol. The van der Waals surface area contributed by atoms with Crippen LogP contribution in [0.15, 0.2) is 94.8 Å². The van der Waals surface area contributed by atoms with Crippen LogP contribution in [0.3, 0.4) is 0 Å². The molecule has 40 heavy (non-hydrogen) atoms. The van der Waals surface area contributed by atoms with Crippen molar-refractivity contribution < 1.29 is 14.4 Å². The molecule has 7 nitrogen and oxygen atoms in total. The summed E-state index contributed by atoms with van der Waals surface area (Å²) < 4.78 is 0. The Labute approximate surface area is 246 Å². The number of carbonyl (C=O) groups excluding carboxylic acids is 3. The zero-order valence-electron chi connectivity index (χ0n) is 21.8. The molecular formula is C30H27ClN4O3S2. The molecule has 0 spiro atoms. The molecule has 1 atom stereocenters. The fourth-order valence-electron chi connectivity index (χ4n) is 3.62. The molecule has 0 fully saturated rings. The topological polar surface area (TPSA) is 100 Å². The van der Waals surface area contributed by atoms with Crippen LogP contribution in [0.4, 0.5) is 10.8 Å². The van der Waals surface area contributed by atoms with E-state index >= 15 is 0 Å². The van der Waals surface area contributed by atoms with Gasteiger partial charge in [-0.3, -0.25) is 14.4 Å². The third kappa shape index (κ3) is 8.05. The maximum Gasteiger partial charge on any atom is 0.272 e. The number of hydrogen-bond donors (Lipinski definition) is 3. The minimum Gasteiger partial charge on any atom is -0.321 e. The van der Waals surface area contributed by atoms with Crippen molar-refractivity contribution in [3.05, 3.63) is 112 Å². The molecule has 0 bridgehead atoms. The second kappa shape index (κ2) is 13.9. The van der Waals surface area contributed by atoms with E-state index in [2.05, 4.69) is 20.9 Å². The Bertz CT molecular complexity index is 1540. The van der Waals surface area contributed by atoms with E-state index in [0.717, 1.165) is 10.6 Å². The smallest absolute Gasteiger partial charge is 0.272 e. The summed E-state index contributed by atoms with van der Waals surface area (Å²) in [6.45, 7) is 3.82. The van der Waals surface area contributed by atoms with Crippen molar-refractivity contribution in [1.29, 1.82) is 0 Å². The van der Waals surface area contributed by atoms with Crippen molar-refractivity contribution in [1.82, 2.24) is 10.3 Å². The SMILES string of the molecule is CCC(Sc1cccc(NC(=O)/C(=C\c2ccccc2Cl)NC(=O)c2ccccc2)c1)C(=O)Nc1nc(C)cs1. The van der Waals surface area contributed by atoms with Gasteiger partial charge in [-0.2, -0.15) is 0 Å². The van der Waals surface area contributed by atoms with Gasteiger partial charge in [0.2, 0.25) is 5.91 Å². The number of anilines is 2. The highest BCUT2D eigenvalue weighted by Crippen LogP contribution is 2.29. The van der Waals surface area contributed by atoms with Crippen LogP contribution < -0.4 is 16.0 Å². The van der Waals surface area contributed by atoms with Crippen LogP contribution >= 0.6 is 34.7 Å². The third-order valence-electron chi connectivity index (χ3n) is 5.62. The molecule has 1 aromatic heterocycles. The normalized spacial score (nSPS) is 11.9. The lowest BCUT2D eigenvalue weighted by atomic mass is 10.1. The minimum absolute atomic E-state index is 0.0320. The van der Waals surface area contributed by atoms with Gasteiger partial charge in [-0.1, -0.05) is 61.0 Å². The number of halogens is 1. The molecule has 3 amide bonds. The third-order valence-corrected chi connectivity index (χ3v) is 8.19. The van der Waals surface area contributed by atoms with Gasteiger partial charge >= 0.3 is 0 Å². The molecule has 1 unspecified atom stereocenters. The fraction of sp³-hybridized carbons (Fsp3) is 0.133. The van der Waals surface area contributed by atoms with Crippen LogP contribution in [0.25, 0.3) is 6.08 Å². The van der Waals surface area contributed by atoms with E-state index in [0.29, 0.717) is 33.4 Å². The van der Waals surface area contributed by atoms with Crippen LogP contribution in [0.1, 0.15) is 35.0 Å². The summed E-state index contributed by atoms with van der Waals surface area (Å²) in [5.74, 6) is -1.08.